The molecule has 0 radical (unpaired) electrons. The summed E-state index contributed by atoms with van der Waals surface area (Å²) in [5.41, 5.74) is 2.17. The second-order valence-corrected chi connectivity index (χ2v) is 2.35. The zero-order chi connectivity index (χ0) is 7.84. The lowest BCUT2D eigenvalue weighted by atomic mass is 10.3. The molecule has 0 saturated carbocycles. The maximum atomic E-state index is 7.26. The summed E-state index contributed by atoms with van der Waals surface area (Å²) >= 11 is 0. The van der Waals surface area contributed by atoms with Crippen molar-refractivity contribution in [3.8, 4) is 0 Å². The summed E-state index contributed by atoms with van der Waals surface area (Å²) in [4.78, 5) is 0. The average molecular weight is 133 g/mol. The summed E-state index contributed by atoms with van der Waals surface area (Å²) in [7, 11) is 0. The summed E-state index contributed by atoms with van der Waals surface area (Å²) in [6, 6.07) is 5.72. The Labute approximate surface area is 60.5 Å². The van der Waals surface area contributed by atoms with Crippen LogP contribution < -0.4 is 0 Å². The summed E-state index contributed by atoms with van der Waals surface area (Å²) < 4.78 is 8.97. The lowest BCUT2D eigenvalue weighted by Crippen LogP contribution is -1.84. The Bertz CT molecular complexity index is 392. The number of hydrogen-bond donors (Lipinski definition) is 0. The van der Waals surface area contributed by atoms with E-state index in [1.807, 2.05) is 25.3 Å². The molecule has 2 heteroatoms. The highest BCUT2D eigenvalue weighted by Crippen LogP contribution is 2.03. The molecule has 0 unspecified atom stereocenters. The van der Waals surface area contributed by atoms with Crippen molar-refractivity contribution in [3.05, 3.63) is 36.1 Å². The third-order valence-electron chi connectivity index (χ3n) is 1.50. The normalized spacial score (nSPS) is 11.9. The molecule has 0 aromatic carbocycles. The van der Waals surface area contributed by atoms with Gasteiger partial charge >= 0.3 is 0 Å². The van der Waals surface area contributed by atoms with Crippen LogP contribution in [0.3, 0.4) is 0 Å². The lowest BCUT2D eigenvalue weighted by molar-refractivity contribution is 0.958. The van der Waals surface area contributed by atoms with Crippen LogP contribution in [0.25, 0.3) is 5.52 Å². The summed E-state index contributed by atoms with van der Waals surface area (Å²) in [5, 5.41) is 3.94. The first-order valence-electron chi connectivity index (χ1n) is 3.68. The molecule has 2 rings (SSSR count). The first-order valence-corrected chi connectivity index (χ1v) is 3.18. The molecule has 2 heterocycles. The average Bonchev–Trinajstić information content (AvgIpc) is 2.27. The summed E-state index contributed by atoms with van der Waals surface area (Å²) in [6.45, 7) is 2.02. The number of hydrogen-bond acceptors (Lipinski definition) is 1. The largest absolute Gasteiger partial charge is 0.241 e. The minimum Gasteiger partial charge on any atom is -0.241 e. The van der Waals surface area contributed by atoms with E-state index in [2.05, 4.69) is 5.10 Å². The highest BCUT2D eigenvalue weighted by atomic mass is 15.2. The number of aromatic nitrogens is 2. The van der Waals surface area contributed by atoms with Gasteiger partial charge in [0.15, 0.2) is 0 Å². The SMILES string of the molecule is [2H]c1cc2cc(C)ccn2n1. The van der Waals surface area contributed by atoms with Gasteiger partial charge < -0.3 is 0 Å². The van der Waals surface area contributed by atoms with Gasteiger partial charge in [0.05, 0.1) is 6.89 Å². The molecular formula is C8H8N2. The van der Waals surface area contributed by atoms with Gasteiger partial charge in [-0.05, 0) is 30.7 Å². The van der Waals surface area contributed by atoms with Gasteiger partial charge in [-0.2, -0.15) is 5.10 Å². The van der Waals surface area contributed by atoms with Crippen LogP contribution in [-0.4, -0.2) is 9.61 Å². The lowest BCUT2D eigenvalue weighted by Gasteiger charge is -1.92. The Kier molecular flexibility index (Phi) is 0.826. The van der Waals surface area contributed by atoms with Crippen molar-refractivity contribution in [1.29, 1.82) is 0 Å². The molecular weight excluding hydrogens is 124 g/mol. The first kappa shape index (κ1) is 4.50. The van der Waals surface area contributed by atoms with E-state index < -0.39 is 0 Å². The minimum absolute atomic E-state index is 0.315. The Balaban J connectivity index is 2.82. The second-order valence-electron chi connectivity index (χ2n) is 2.35. The smallest absolute Gasteiger partial charge is 0.0860 e. The van der Waals surface area contributed by atoms with E-state index in [1.165, 1.54) is 5.56 Å². The number of nitrogens with zero attached hydrogens (tertiary/aromatic N) is 2. The van der Waals surface area contributed by atoms with Gasteiger partial charge in [0.1, 0.15) is 0 Å². The van der Waals surface area contributed by atoms with E-state index in [0.717, 1.165) is 5.52 Å². The Morgan fingerprint density at radius 1 is 1.60 bits per heavy atom. The van der Waals surface area contributed by atoms with Crippen molar-refractivity contribution in [3.63, 3.8) is 0 Å². The van der Waals surface area contributed by atoms with Crippen LogP contribution in [-0.2, 0) is 0 Å². The second kappa shape index (κ2) is 1.84. The molecule has 50 valence electrons. The predicted molar refractivity (Wildman–Crippen MR) is 39.9 cm³/mol. The molecule has 0 amide bonds. The van der Waals surface area contributed by atoms with Crippen LogP contribution in [0, 0.1) is 6.92 Å². The number of fused-ring (bicyclic) bond motifs is 1. The highest BCUT2D eigenvalue weighted by molar-refractivity contribution is 5.46. The highest BCUT2D eigenvalue weighted by Gasteiger charge is 1.90. The first-order chi connectivity index (χ1) is 5.25. The molecule has 0 N–H and O–H groups in total. The van der Waals surface area contributed by atoms with Gasteiger partial charge in [-0.25, -0.2) is 4.52 Å². The van der Waals surface area contributed by atoms with Crippen molar-refractivity contribution in [2.45, 2.75) is 6.92 Å². The van der Waals surface area contributed by atoms with Gasteiger partial charge in [-0.3, -0.25) is 0 Å². The van der Waals surface area contributed by atoms with E-state index in [0.29, 0.717) is 6.17 Å². The van der Waals surface area contributed by atoms with Crippen molar-refractivity contribution in [1.82, 2.24) is 9.61 Å². The van der Waals surface area contributed by atoms with Crippen molar-refractivity contribution >= 4 is 5.52 Å². The quantitative estimate of drug-likeness (QED) is 0.534. The summed E-state index contributed by atoms with van der Waals surface area (Å²) in [5.74, 6) is 0. The molecule has 0 spiro atoms. The number of rotatable bonds is 0. The van der Waals surface area contributed by atoms with Crippen LogP contribution in [0.15, 0.2) is 30.6 Å². The monoisotopic (exact) mass is 133 g/mol. The fourth-order valence-electron chi connectivity index (χ4n) is 0.978. The molecule has 0 saturated heterocycles. The van der Waals surface area contributed by atoms with E-state index >= 15 is 0 Å². The Morgan fingerprint density at radius 3 is 3.40 bits per heavy atom. The molecule has 0 atom stereocenters. The van der Waals surface area contributed by atoms with Gasteiger partial charge in [0.25, 0.3) is 0 Å². The molecule has 2 nitrogen and oxygen atoms in total. The van der Waals surface area contributed by atoms with E-state index in [9.17, 15) is 0 Å². The van der Waals surface area contributed by atoms with Gasteiger partial charge in [-0.15, -0.1) is 0 Å². The number of pyridine rings is 1. The standard InChI is InChI=1S/C8H8N2/c1-7-3-5-10-8(6-7)2-4-9-10/h2-6H,1H3/i4D. The fourth-order valence-corrected chi connectivity index (χ4v) is 0.978. The maximum Gasteiger partial charge on any atom is 0.0860 e. The van der Waals surface area contributed by atoms with Crippen LogP contribution in [0.1, 0.15) is 6.93 Å². The molecule has 10 heavy (non-hydrogen) atoms. The third-order valence-corrected chi connectivity index (χ3v) is 1.50. The maximum absolute atomic E-state index is 7.26. The van der Waals surface area contributed by atoms with Crippen molar-refractivity contribution < 1.29 is 1.37 Å². The molecule has 0 aliphatic heterocycles. The van der Waals surface area contributed by atoms with Crippen LogP contribution in [0.2, 0.25) is 0 Å². The van der Waals surface area contributed by atoms with Gasteiger partial charge in [-0.1, -0.05) is 0 Å². The van der Waals surface area contributed by atoms with E-state index in [-0.39, 0.29) is 0 Å². The fraction of sp³-hybridized carbons (Fsp3) is 0.125. The predicted octanol–water partition coefficient (Wildman–Crippen LogP) is 1.64. The number of aryl methyl sites for hydroxylation is 1. The Hall–Kier alpha value is -1.31. The molecule has 0 aliphatic rings. The van der Waals surface area contributed by atoms with E-state index in [1.54, 1.807) is 10.6 Å². The molecule has 0 fully saturated rings. The van der Waals surface area contributed by atoms with E-state index in [4.69, 9.17) is 1.37 Å². The van der Waals surface area contributed by atoms with Crippen LogP contribution >= 0.6 is 0 Å². The third kappa shape index (κ3) is 0.692. The van der Waals surface area contributed by atoms with Crippen LogP contribution in [0.5, 0.6) is 0 Å². The van der Waals surface area contributed by atoms with Gasteiger partial charge in [0, 0.05) is 12.4 Å². The van der Waals surface area contributed by atoms with Crippen molar-refractivity contribution in [2.75, 3.05) is 0 Å². The molecule has 0 aliphatic carbocycles. The molecule has 2 aromatic rings. The zero-order valence-corrected chi connectivity index (χ0v) is 5.70. The zero-order valence-electron chi connectivity index (χ0n) is 6.70. The summed E-state index contributed by atoms with van der Waals surface area (Å²) in [6.07, 6.45) is 2.18. The minimum atomic E-state index is 0.315. The topological polar surface area (TPSA) is 17.3 Å². The van der Waals surface area contributed by atoms with Gasteiger partial charge in [0.2, 0.25) is 0 Å². The van der Waals surface area contributed by atoms with Crippen LogP contribution in [0.4, 0.5) is 0 Å². The van der Waals surface area contributed by atoms with Crippen molar-refractivity contribution in [2.24, 2.45) is 0 Å². The molecule has 0 bridgehead atoms. The Morgan fingerprint density at radius 2 is 2.50 bits per heavy atom. The molecule has 2 aromatic heterocycles.